The van der Waals surface area contributed by atoms with Gasteiger partial charge in [-0.3, -0.25) is 14.9 Å². The monoisotopic (exact) mass is 368 g/mol. The highest BCUT2D eigenvalue weighted by Gasteiger charge is 2.16. The highest BCUT2D eigenvalue weighted by atomic mass is 79.9. The Hall–Kier alpha value is -1.92. The molecule has 1 N–H and O–H groups in total. The summed E-state index contributed by atoms with van der Waals surface area (Å²) in [7, 11) is 0. The van der Waals surface area contributed by atoms with Crippen LogP contribution in [0.2, 0.25) is 5.02 Å². The summed E-state index contributed by atoms with van der Waals surface area (Å²) in [4.78, 5) is 22.6. The summed E-state index contributed by atoms with van der Waals surface area (Å²) in [6.45, 7) is 1.62. The van der Waals surface area contributed by atoms with Gasteiger partial charge in [0.2, 0.25) is 0 Å². The highest BCUT2D eigenvalue weighted by Crippen LogP contribution is 2.30. The average Bonchev–Trinajstić information content (AvgIpc) is 2.44. The minimum absolute atomic E-state index is 0.0900. The second kappa shape index (κ2) is 6.24. The molecule has 2 aromatic rings. The van der Waals surface area contributed by atoms with E-state index in [0.717, 1.165) is 0 Å². The van der Waals surface area contributed by atoms with Crippen LogP contribution in [0, 0.1) is 17.0 Å². The van der Waals surface area contributed by atoms with Crippen LogP contribution in [0.5, 0.6) is 0 Å². The number of carbonyl (C=O) groups is 1. The van der Waals surface area contributed by atoms with E-state index in [1.165, 1.54) is 12.1 Å². The van der Waals surface area contributed by atoms with Crippen molar-refractivity contribution in [3.8, 4) is 0 Å². The van der Waals surface area contributed by atoms with Crippen LogP contribution in [-0.2, 0) is 0 Å². The second-order valence-corrected chi connectivity index (χ2v) is 5.51. The van der Waals surface area contributed by atoms with E-state index in [1.807, 2.05) is 0 Å². The van der Waals surface area contributed by atoms with Gasteiger partial charge in [-0.05, 0) is 41.1 Å². The third-order valence-corrected chi connectivity index (χ3v) is 4.27. The van der Waals surface area contributed by atoms with E-state index < -0.39 is 10.8 Å². The van der Waals surface area contributed by atoms with E-state index in [-0.39, 0.29) is 11.3 Å². The van der Waals surface area contributed by atoms with Gasteiger partial charge < -0.3 is 5.32 Å². The van der Waals surface area contributed by atoms with Crippen molar-refractivity contribution in [3.05, 3.63) is 67.1 Å². The molecule has 0 spiro atoms. The first-order chi connectivity index (χ1) is 9.90. The van der Waals surface area contributed by atoms with Gasteiger partial charge in [0.1, 0.15) is 0 Å². The fourth-order valence-electron chi connectivity index (χ4n) is 1.74. The SMILES string of the molecule is Cc1ccc(C(=O)Nc2cccc(Cl)c2Br)cc1[N+](=O)[O-]. The zero-order valence-electron chi connectivity index (χ0n) is 10.9. The van der Waals surface area contributed by atoms with Crippen molar-refractivity contribution < 1.29 is 9.72 Å². The van der Waals surface area contributed by atoms with Crippen molar-refractivity contribution in [2.24, 2.45) is 0 Å². The van der Waals surface area contributed by atoms with Gasteiger partial charge in [-0.15, -0.1) is 0 Å². The van der Waals surface area contributed by atoms with Crippen molar-refractivity contribution in [2.75, 3.05) is 5.32 Å². The van der Waals surface area contributed by atoms with Crippen molar-refractivity contribution in [1.82, 2.24) is 0 Å². The number of rotatable bonds is 3. The summed E-state index contributed by atoms with van der Waals surface area (Å²) in [6, 6.07) is 9.38. The molecule has 0 fully saturated rings. The first-order valence-electron chi connectivity index (χ1n) is 5.90. The summed E-state index contributed by atoms with van der Waals surface area (Å²) in [5, 5.41) is 14.0. The molecule has 2 rings (SSSR count). The Bertz CT molecular complexity index is 734. The molecule has 2 aromatic carbocycles. The van der Waals surface area contributed by atoms with Crippen LogP contribution in [0.25, 0.3) is 0 Å². The van der Waals surface area contributed by atoms with E-state index in [2.05, 4.69) is 21.2 Å². The Morgan fingerprint density at radius 3 is 2.71 bits per heavy atom. The Labute approximate surface area is 134 Å². The molecule has 0 aliphatic carbocycles. The van der Waals surface area contributed by atoms with E-state index in [0.29, 0.717) is 20.7 Å². The van der Waals surface area contributed by atoms with Crippen molar-refractivity contribution in [1.29, 1.82) is 0 Å². The third kappa shape index (κ3) is 3.40. The van der Waals surface area contributed by atoms with Gasteiger partial charge in [0.15, 0.2) is 0 Å². The van der Waals surface area contributed by atoms with Crippen LogP contribution >= 0.6 is 27.5 Å². The van der Waals surface area contributed by atoms with Crippen molar-refractivity contribution >= 4 is 44.8 Å². The standard InChI is InChI=1S/C14H10BrClN2O3/c1-8-5-6-9(7-12(8)18(20)21)14(19)17-11-4-2-3-10(16)13(11)15/h2-7H,1H3,(H,17,19). The molecule has 0 aromatic heterocycles. The summed E-state index contributed by atoms with van der Waals surface area (Å²) in [5.41, 5.74) is 1.11. The Kier molecular flexibility index (Phi) is 4.59. The zero-order chi connectivity index (χ0) is 15.6. The molecule has 0 bridgehead atoms. The third-order valence-electron chi connectivity index (χ3n) is 2.87. The van der Waals surface area contributed by atoms with Crippen molar-refractivity contribution in [2.45, 2.75) is 6.92 Å². The Morgan fingerprint density at radius 1 is 1.33 bits per heavy atom. The number of carbonyl (C=O) groups excluding carboxylic acids is 1. The molecule has 5 nitrogen and oxygen atoms in total. The minimum atomic E-state index is -0.512. The highest BCUT2D eigenvalue weighted by molar-refractivity contribution is 9.10. The number of halogens is 2. The molecule has 0 saturated heterocycles. The molecule has 0 unspecified atom stereocenters. The maximum absolute atomic E-state index is 12.2. The number of nitro groups is 1. The lowest BCUT2D eigenvalue weighted by Crippen LogP contribution is -2.12. The minimum Gasteiger partial charge on any atom is -0.321 e. The first kappa shape index (κ1) is 15.5. The number of aryl methyl sites for hydroxylation is 1. The molecule has 1 amide bonds. The number of nitro benzene ring substituents is 1. The van der Waals surface area contributed by atoms with E-state index in [9.17, 15) is 14.9 Å². The summed E-state index contributed by atoms with van der Waals surface area (Å²) < 4.78 is 0.557. The lowest BCUT2D eigenvalue weighted by molar-refractivity contribution is -0.385. The summed E-state index contributed by atoms with van der Waals surface area (Å²) in [5.74, 6) is -0.443. The van der Waals surface area contributed by atoms with Crippen LogP contribution in [0.3, 0.4) is 0 Å². The van der Waals surface area contributed by atoms with E-state index in [4.69, 9.17) is 11.6 Å². The van der Waals surface area contributed by atoms with Gasteiger partial charge in [0, 0.05) is 17.2 Å². The van der Waals surface area contributed by atoms with E-state index in [1.54, 1.807) is 31.2 Å². The normalized spacial score (nSPS) is 10.2. The summed E-state index contributed by atoms with van der Waals surface area (Å²) in [6.07, 6.45) is 0. The smallest absolute Gasteiger partial charge is 0.273 e. The second-order valence-electron chi connectivity index (χ2n) is 4.31. The molecule has 21 heavy (non-hydrogen) atoms. The van der Waals surface area contributed by atoms with Crippen molar-refractivity contribution in [3.63, 3.8) is 0 Å². The molecule has 0 heterocycles. The molecule has 0 atom stereocenters. The molecule has 0 radical (unpaired) electrons. The fraction of sp³-hybridized carbons (Fsp3) is 0.0714. The number of hydrogen-bond donors (Lipinski definition) is 1. The van der Waals surface area contributed by atoms with Crippen LogP contribution in [-0.4, -0.2) is 10.8 Å². The predicted molar refractivity (Wildman–Crippen MR) is 84.9 cm³/mol. The van der Waals surface area contributed by atoms with Crippen LogP contribution in [0.4, 0.5) is 11.4 Å². The number of anilines is 1. The maximum atomic E-state index is 12.2. The lowest BCUT2D eigenvalue weighted by Gasteiger charge is -2.08. The zero-order valence-corrected chi connectivity index (χ0v) is 13.2. The number of amides is 1. The molecule has 7 heteroatoms. The van der Waals surface area contributed by atoms with E-state index >= 15 is 0 Å². The van der Waals surface area contributed by atoms with Crippen LogP contribution in [0.15, 0.2) is 40.9 Å². The largest absolute Gasteiger partial charge is 0.321 e. The first-order valence-corrected chi connectivity index (χ1v) is 7.07. The van der Waals surface area contributed by atoms with Gasteiger partial charge in [-0.25, -0.2) is 0 Å². The molecule has 0 aliphatic heterocycles. The molecular weight excluding hydrogens is 360 g/mol. The van der Waals surface area contributed by atoms with Crippen LogP contribution in [0.1, 0.15) is 15.9 Å². The predicted octanol–water partition coefficient (Wildman–Crippen LogP) is 4.57. The quantitative estimate of drug-likeness (QED) is 0.636. The summed E-state index contributed by atoms with van der Waals surface area (Å²) >= 11 is 9.22. The van der Waals surface area contributed by atoms with Gasteiger partial charge in [-0.2, -0.15) is 0 Å². The van der Waals surface area contributed by atoms with Gasteiger partial charge in [0.05, 0.1) is 20.1 Å². The Morgan fingerprint density at radius 2 is 2.05 bits per heavy atom. The Balaban J connectivity index is 2.31. The fourth-order valence-corrected chi connectivity index (χ4v) is 2.28. The van der Waals surface area contributed by atoms with Gasteiger partial charge >= 0.3 is 0 Å². The molecule has 108 valence electrons. The van der Waals surface area contributed by atoms with Gasteiger partial charge in [0.25, 0.3) is 11.6 Å². The number of hydrogen-bond acceptors (Lipinski definition) is 3. The average molecular weight is 370 g/mol. The van der Waals surface area contributed by atoms with Gasteiger partial charge in [-0.1, -0.05) is 23.7 Å². The lowest BCUT2D eigenvalue weighted by atomic mass is 10.1. The maximum Gasteiger partial charge on any atom is 0.273 e. The molecular formula is C14H10BrClN2O3. The number of nitrogens with zero attached hydrogens (tertiary/aromatic N) is 1. The van der Waals surface area contributed by atoms with Crippen LogP contribution < -0.4 is 5.32 Å². The number of benzene rings is 2. The topological polar surface area (TPSA) is 72.2 Å². The number of nitrogens with one attached hydrogen (secondary N) is 1. The molecule has 0 saturated carbocycles. The molecule has 0 aliphatic rings.